The van der Waals surface area contributed by atoms with E-state index in [-0.39, 0.29) is 5.91 Å². The lowest BCUT2D eigenvalue weighted by atomic mass is 9.98. The zero-order chi connectivity index (χ0) is 14.8. The lowest BCUT2D eigenvalue weighted by Crippen LogP contribution is -2.17. The SMILES string of the molecule is C=CCC(CC)CCNCc1ccc(NC(C)=O)cc1. The maximum atomic E-state index is 10.9. The van der Waals surface area contributed by atoms with E-state index in [4.69, 9.17) is 0 Å². The maximum absolute atomic E-state index is 10.9. The number of benzene rings is 1. The Morgan fingerprint density at radius 1 is 1.35 bits per heavy atom. The molecule has 0 aliphatic carbocycles. The molecule has 3 heteroatoms. The van der Waals surface area contributed by atoms with Crippen molar-refractivity contribution in [2.24, 2.45) is 5.92 Å². The summed E-state index contributed by atoms with van der Waals surface area (Å²) in [6.07, 6.45) is 5.50. The fraction of sp³-hybridized carbons (Fsp3) is 0.471. The Morgan fingerprint density at radius 3 is 2.60 bits per heavy atom. The second kappa shape index (κ2) is 9.32. The fourth-order valence-corrected chi connectivity index (χ4v) is 2.17. The van der Waals surface area contributed by atoms with Gasteiger partial charge in [-0.1, -0.05) is 31.6 Å². The molecule has 0 aliphatic rings. The van der Waals surface area contributed by atoms with Crippen LogP contribution in [0.3, 0.4) is 0 Å². The Labute approximate surface area is 122 Å². The average Bonchev–Trinajstić information content (AvgIpc) is 2.43. The van der Waals surface area contributed by atoms with Crippen molar-refractivity contribution >= 4 is 11.6 Å². The Balaban J connectivity index is 2.28. The van der Waals surface area contributed by atoms with Gasteiger partial charge in [-0.05, 0) is 43.0 Å². The summed E-state index contributed by atoms with van der Waals surface area (Å²) in [6, 6.07) is 7.95. The van der Waals surface area contributed by atoms with Crippen LogP contribution in [0.25, 0.3) is 0 Å². The number of carbonyl (C=O) groups is 1. The van der Waals surface area contributed by atoms with Crippen molar-refractivity contribution in [2.45, 2.75) is 39.7 Å². The molecule has 0 spiro atoms. The van der Waals surface area contributed by atoms with E-state index in [0.717, 1.165) is 31.1 Å². The van der Waals surface area contributed by atoms with E-state index in [1.165, 1.54) is 25.3 Å². The highest BCUT2D eigenvalue weighted by Gasteiger charge is 2.03. The first-order chi connectivity index (χ1) is 9.65. The Morgan fingerprint density at radius 2 is 2.05 bits per heavy atom. The highest BCUT2D eigenvalue weighted by atomic mass is 16.1. The van der Waals surface area contributed by atoms with Crippen LogP contribution in [0.2, 0.25) is 0 Å². The molecule has 1 aromatic rings. The lowest BCUT2D eigenvalue weighted by molar-refractivity contribution is -0.114. The average molecular weight is 274 g/mol. The van der Waals surface area contributed by atoms with Crippen LogP contribution in [-0.4, -0.2) is 12.5 Å². The highest BCUT2D eigenvalue weighted by molar-refractivity contribution is 5.88. The topological polar surface area (TPSA) is 41.1 Å². The monoisotopic (exact) mass is 274 g/mol. The summed E-state index contributed by atoms with van der Waals surface area (Å²) < 4.78 is 0. The summed E-state index contributed by atoms with van der Waals surface area (Å²) in [7, 11) is 0. The van der Waals surface area contributed by atoms with Gasteiger partial charge in [0.25, 0.3) is 0 Å². The zero-order valence-corrected chi connectivity index (χ0v) is 12.6. The summed E-state index contributed by atoms with van der Waals surface area (Å²) in [4.78, 5) is 10.9. The van der Waals surface area contributed by atoms with Crippen molar-refractivity contribution in [2.75, 3.05) is 11.9 Å². The van der Waals surface area contributed by atoms with Gasteiger partial charge in [0.1, 0.15) is 0 Å². The Kier molecular flexibility index (Phi) is 7.66. The molecule has 0 aromatic heterocycles. The quantitative estimate of drug-likeness (QED) is 0.532. The summed E-state index contributed by atoms with van der Waals surface area (Å²) in [5, 5.41) is 6.23. The van der Waals surface area contributed by atoms with Crippen LogP contribution >= 0.6 is 0 Å². The van der Waals surface area contributed by atoms with Crippen molar-refractivity contribution in [3.63, 3.8) is 0 Å². The van der Waals surface area contributed by atoms with E-state index < -0.39 is 0 Å². The largest absolute Gasteiger partial charge is 0.326 e. The molecule has 0 bridgehead atoms. The molecule has 1 amide bonds. The molecule has 2 N–H and O–H groups in total. The number of nitrogens with one attached hydrogen (secondary N) is 2. The zero-order valence-electron chi connectivity index (χ0n) is 12.6. The van der Waals surface area contributed by atoms with Gasteiger partial charge in [0.05, 0.1) is 0 Å². The van der Waals surface area contributed by atoms with Gasteiger partial charge in [-0.3, -0.25) is 4.79 Å². The van der Waals surface area contributed by atoms with Crippen LogP contribution < -0.4 is 10.6 Å². The third kappa shape index (κ3) is 6.53. The minimum atomic E-state index is -0.0382. The molecule has 0 saturated carbocycles. The van der Waals surface area contributed by atoms with Crippen molar-refractivity contribution in [1.82, 2.24) is 5.32 Å². The first-order valence-electron chi connectivity index (χ1n) is 7.33. The number of anilines is 1. The smallest absolute Gasteiger partial charge is 0.221 e. The molecular formula is C17H26N2O. The molecule has 0 saturated heterocycles. The van der Waals surface area contributed by atoms with Crippen molar-refractivity contribution in [3.8, 4) is 0 Å². The Bertz CT molecular complexity index is 412. The molecule has 1 rings (SSSR count). The van der Waals surface area contributed by atoms with Crippen LogP contribution in [-0.2, 0) is 11.3 Å². The summed E-state index contributed by atoms with van der Waals surface area (Å²) in [5.74, 6) is 0.700. The third-order valence-corrected chi connectivity index (χ3v) is 3.41. The van der Waals surface area contributed by atoms with Gasteiger partial charge in [-0.2, -0.15) is 0 Å². The minimum Gasteiger partial charge on any atom is -0.326 e. The van der Waals surface area contributed by atoms with Crippen LogP contribution in [0.1, 0.15) is 38.7 Å². The standard InChI is InChI=1S/C17H26N2O/c1-4-6-15(5-2)11-12-18-13-16-7-9-17(10-8-16)19-14(3)20/h4,7-10,15,18H,1,5-6,11-13H2,2-3H3,(H,19,20). The second-order valence-electron chi connectivity index (χ2n) is 5.14. The molecule has 0 radical (unpaired) electrons. The van der Waals surface area contributed by atoms with Crippen LogP contribution in [0.4, 0.5) is 5.69 Å². The molecule has 20 heavy (non-hydrogen) atoms. The number of rotatable bonds is 9. The first-order valence-corrected chi connectivity index (χ1v) is 7.33. The fourth-order valence-electron chi connectivity index (χ4n) is 2.17. The minimum absolute atomic E-state index is 0.0382. The lowest BCUT2D eigenvalue weighted by Gasteiger charge is -2.13. The number of hydrogen-bond donors (Lipinski definition) is 2. The van der Waals surface area contributed by atoms with Gasteiger partial charge < -0.3 is 10.6 Å². The summed E-state index contributed by atoms with van der Waals surface area (Å²) in [6.45, 7) is 9.44. The van der Waals surface area contributed by atoms with E-state index >= 15 is 0 Å². The molecule has 1 aromatic carbocycles. The van der Waals surface area contributed by atoms with Crippen LogP contribution in [0.5, 0.6) is 0 Å². The van der Waals surface area contributed by atoms with Gasteiger partial charge in [-0.25, -0.2) is 0 Å². The molecule has 1 unspecified atom stereocenters. The van der Waals surface area contributed by atoms with Gasteiger partial charge in [0.2, 0.25) is 5.91 Å². The van der Waals surface area contributed by atoms with Gasteiger partial charge in [-0.15, -0.1) is 6.58 Å². The normalized spacial score (nSPS) is 11.9. The van der Waals surface area contributed by atoms with Gasteiger partial charge in [0, 0.05) is 19.2 Å². The van der Waals surface area contributed by atoms with E-state index in [1.807, 2.05) is 30.3 Å². The third-order valence-electron chi connectivity index (χ3n) is 3.41. The summed E-state index contributed by atoms with van der Waals surface area (Å²) in [5.41, 5.74) is 2.08. The number of carbonyl (C=O) groups excluding carboxylic acids is 1. The van der Waals surface area contributed by atoms with Crippen LogP contribution in [0.15, 0.2) is 36.9 Å². The highest BCUT2D eigenvalue weighted by Crippen LogP contribution is 2.13. The van der Waals surface area contributed by atoms with Crippen LogP contribution in [0, 0.1) is 5.92 Å². The predicted octanol–water partition coefficient (Wildman–Crippen LogP) is 3.73. The molecule has 0 heterocycles. The molecule has 1 atom stereocenters. The van der Waals surface area contributed by atoms with E-state index in [2.05, 4.69) is 24.1 Å². The van der Waals surface area contributed by atoms with Crippen molar-refractivity contribution in [1.29, 1.82) is 0 Å². The van der Waals surface area contributed by atoms with Gasteiger partial charge >= 0.3 is 0 Å². The molecule has 0 aliphatic heterocycles. The van der Waals surface area contributed by atoms with E-state index in [9.17, 15) is 4.79 Å². The number of amides is 1. The number of hydrogen-bond acceptors (Lipinski definition) is 2. The Hall–Kier alpha value is -1.61. The summed E-state index contributed by atoms with van der Waals surface area (Å²) >= 11 is 0. The van der Waals surface area contributed by atoms with E-state index in [1.54, 1.807) is 0 Å². The molecular weight excluding hydrogens is 248 g/mol. The molecule has 110 valence electrons. The molecule has 0 fully saturated rings. The molecule has 3 nitrogen and oxygen atoms in total. The van der Waals surface area contributed by atoms with Gasteiger partial charge in [0.15, 0.2) is 0 Å². The second-order valence-corrected chi connectivity index (χ2v) is 5.14. The van der Waals surface area contributed by atoms with Crippen molar-refractivity contribution < 1.29 is 4.79 Å². The van der Waals surface area contributed by atoms with E-state index in [0.29, 0.717) is 0 Å². The predicted molar refractivity (Wildman–Crippen MR) is 85.7 cm³/mol. The maximum Gasteiger partial charge on any atom is 0.221 e. The van der Waals surface area contributed by atoms with Crippen molar-refractivity contribution in [3.05, 3.63) is 42.5 Å². The first kappa shape index (κ1) is 16.4. The number of allylic oxidation sites excluding steroid dienone is 1.